The molecule has 0 aliphatic rings. The van der Waals surface area contributed by atoms with E-state index in [-0.39, 0.29) is 53.3 Å². The summed E-state index contributed by atoms with van der Waals surface area (Å²) in [7, 11) is 0. The second-order valence-corrected chi connectivity index (χ2v) is 7.86. The van der Waals surface area contributed by atoms with Crippen molar-refractivity contribution in [2.45, 2.75) is 19.8 Å². The zero-order valence-corrected chi connectivity index (χ0v) is 18.8. The Morgan fingerprint density at radius 1 is 0.600 bits per heavy atom. The molecular formula is C25H24N4O6. The molecule has 10 heteroatoms. The third kappa shape index (κ3) is 5.27. The number of hydrogen-bond donors (Lipinski definition) is 6. The van der Waals surface area contributed by atoms with Gasteiger partial charge in [0.1, 0.15) is 46.1 Å². The summed E-state index contributed by atoms with van der Waals surface area (Å²) in [6.07, 6.45) is 0.241. The molecule has 6 N–H and O–H groups in total. The Bertz CT molecular complexity index is 1310. The fourth-order valence-electron chi connectivity index (χ4n) is 3.64. The summed E-state index contributed by atoms with van der Waals surface area (Å²) >= 11 is 0. The third-order valence-electron chi connectivity index (χ3n) is 5.36. The van der Waals surface area contributed by atoms with Crippen molar-refractivity contribution in [2.24, 2.45) is 0 Å². The maximum atomic E-state index is 10.4. The van der Waals surface area contributed by atoms with Gasteiger partial charge in [-0.15, -0.1) is 0 Å². The van der Waals surface area contributed by atoms with Gasteiger partial charge in [-0.1, -0.05) is 12.1 Å². The van der Waals surface area contributed by atoms with Crippen molar-refractivity contribution < 1.29 is 30.6 Å². The van der Waals surface area contributed by atoms with Crippen molar-refractivity contribution in [3.8, 4) is 34.5 Å². The van der Waals surface area contributed by atoms with Crippen LogP contribution in [-0.2, 0) is 12.8 Å². The predicted octanol–water partition coefficient (Wildman–Crippen LogP) is 3.44. The van der Waals surface area contributed by atoms with E-state index in [1.807, 2.05) is 6.92 Å². The maximum Gasteiger partial charge on any atom is 0.233 e. The number of anilines is 2. The SMILES string of the molecule is CCN(c1nc(Cc2ccc(O)cc2O)nc(Cc2ccc(O)cc2O)n1)c1ccc(O)cc1O. The van der Waals surface area contributed by atoms with Crippen molar-refractivity contribution in [2.75, 3.05) is 11.4 Å². The summed E-state index contributed by atoms with van der Waals surface area (Å²) in [6, 6.07) is 12.6. The normalized spacial score (nSPS) is 10.9. The molecule has 0 aliphatic carbocycles. The van der Waals surface area contributed by atoms with E-state index < -0.39 is 0 Å². The van der Waals surface area contributed by atoms with Crippen molar-refractivity contribution in [3.63, 3.8) is 0 Å². The summed E-state index contributed by atoms with van der Waals surface area (Å²) in [5.74, 6) is 0.179. The number of phenolic OH excluding ortho intramolecular Hbond substituents is 6. The standard InChI is InChI=1S/C25H24N4O6/c1-2-29(19-8-7-18(32)13-22(19)35)25-27-23(9-14-3-5-16(30)11-20(14)33)26-24(28-25)10-15-4-6-17(31)12-21(15)34/h3-8,11-13,30-35H,2,9-10H2,1H3. The van der Waals surface area contributed by atoms with E-state index in [0.29, 0.717) is 35.0 Å². The van der Waals surface area contributed by atoms with Crippen molar-refractivity contribution >= 4 is 11.6 Å². The van der Waals surface area contributed by atoms with Gasteiger partial charge < -0.3 is 35.5 Å². The molecule has 0 fully saturated rings. The third-order valence-corrected chi connectivity index (χ3v) is 5.36. The largest absolute Gasteiger partial charge is 0.508 e. The number of aromatic nitrogens is 3. The first-order valence-electron chi connectivity index (χ1n) is 10.8. The highest BCUT2D eigenvalue weighted by Crippen LogP contribution is 2.34. The number of nitrogens with zero attached hydrogens (tertiary/aromatic N) is 4. The molecule has 180 valence electrons. The molecule has 0 unspecified atom stereocenters. The average Bonchev–Trinajstić information content (AvgIpc) is 2.79. The number of rotatable bonds is 7. The predicted molar refractivity (Wildman–Crippen MR) is 127 cm³/mol. The van der Waals surface area contributed by atoms with Crippen LogP contribution in [0.2, 0.25) is 0 Å². The van der Waals surface area contributed by atoms with E-state index in [9.17, 15) is 30.6 Å². The zero-order valence-electron chi connectivity index (χ0n) is 18.8. The quantitative estimate of drug-likeness (QED) is 0.233. The molecule has 0 saturated carbocycles. The molecule has 0 bridgehead atoms. The highest BCUT2D eigenvalue weighted by atomic mass is 16.3. The summed E-state index contributed by atoms with van der Waals surface area (Å²) in [6.45, 7) is 2.21. The molecule has 3 aromatic carbocycles. The molecule has 0 spiro atoms. The molecule has 0 amide bonds. The molecular weight excluding hydrogens is 452 g/mol. The van der Waals surface area contributed by atoms with Crippen LogP contribution in [0.5, 0.6) is 34.5 Å². The van der Waals surface area contributed by atoms with Crippen LogP contribution in [-0.4, -0.2) is 52.1 Å². The van der Waals surface area contributed by atoms with E-state index >= 15 is 0 Å². The second kappa shape index (κ2) is 9.64. The number of benzene rings is 3. The van der Waals surface area contributed by atoms with Crippen molar-refractivity contribution in [1.82, 2.24) is 15.0 Å². The molecule has 35 heavy (non-hydrogen) atoms. The average molecular weight is 476 g/mol. The highest BCUT2D eigenvalue weighted by molar-refractivity contribution is 5.66. The Hall–Kier alpha value is -4.73. The summed E-state index contributed by atoms with van der Waals surface area (Å²) < 4.78 is 0. The van der Waals surface area contributed by atoms with Crippen molar-refractivity contribution in [1.29, 1.82) is 0 Å². The van der Waals surface area contributed by atoms with E-state index in [1.165, 1.54) is 42.5 Å². The lowest BCUT2D eigenvalue weighted by atomic mass is 10.1. The Labute approximate surface area is 200 Å². The van der Waals surface area contributed by atoms with Gasteiger partial charge in [-0.2, -0.15) is 9.97 Å². The van der Waals surface area contributed by atoms with Gasteiger partial charge in [0.05, 0.1) is 5.69 Å². The lowest BCUT2D eigenvalue weighted by Crippen LogP contribution is -2.21. The minimum atomic E-state index is -0.164. The fraction of sp³-hybridized carbons (Fsp3) is 0.160. The first kappa shape index (κ1) is 23.4. The lowest BCUT2D eigenvalue weighted by Gasteiger charge is -2.23. The van der Waals surface area contributed by atoms with Gasteiger partial charge in [0.15, 0.2) is 0 Å². The van der Waals surface area contributed by atoms with Crippen LogP contribution in [0, 0.1) is 0 Å². The summed E-state index contributed by atoms with van der Waals surface area (Å²) in [5.41, 5.74) is 1.33. The molecule has 4 aromatic rings. The number of aromatic hydroxyl groups is 6. The van der Waals surface area contributed by atoms with Crippen LogP contribution < -0.4 is 4.90 Å². The fourth-order valence-corrected chi connectivity index (χ4v) is 3.64. The first-order valence-corrected chi connectivity index (χ1v) is 10.8. The van der Waals surface area contributed by atoms with Gasteiger partial charge >= 0.3 is 0 Å². The number of phenols is 6. The molecule has 1 heterocycles. The smallest absolute Gasteiger partial charge is 0.233 e. The van der Waals surface area contributed by atoms with E-state index in [2.05, 4.69) is 15.0 Å². The second-order valence-electron chi connectivity index (χ2n) is 7.86. The maximum absolute atomic E-state index is 10.4. The van der Waals surface area contributed by atoms with Gasteiger partial charge in [0.2, 0.25) is 5.95 Å². The van der Waals surface area contributed by atoms with Crippen molar-refractivity contribution in [3.05, 3.63) is 77.4 Å². The summed E-state index contributed by atoms with van der Waals surface area (Å²) in [4.78, 5) is 15.2. The Morgan fingerprint density at radius 3 is 1.49 bits per heavy atom. The summed E-state index contributed by atoms with van der Waals surface area (Å²) in [5, 5.41) is 59.7. The van der Waals surface area contributed by atoms with Gasteiger partial charge in [0, 0.05) is 48.7 Å². The van der Waals surface area contributed by atoms with Gasteiger partial charge in [0.25, 0.3) is 0 Å². The van der Waals surface area contributed by atoms with Gasteiger partial charge in [-0.3, -0.25) is 0 Å². The van der Waals surface area contributed by atoms with Crippen LogP contribution in [0.25, 0.3) is 0 Å². The minimum Gasteiger partial charge on any atom is -0.508 e. The molecule has 0 saturated heterocycles. The van der Waals surface area contributed by atoms with Gasteiger partial charge in [-0.05, 0) is 31.2 Å². The van der Waals surface area contributed by atoms with Crippen LogP contribution in [0.1, 0.15) is 29.7 Å². The Kier molecular flexibility index (Phi) is 6.45. The Balaban J connectivity index is 1.79. The van der Waals surface area contributed by atoms with Gasteiger partial charge in [-0.25, -0.2) is 4.98 Å². The minimum absolute atomic E-state index is 0.0777. The zero-order chi connectivity index (χ0) is 25.1. The van der Waals surface area contributed by atoms with Crippen LogP contribution >= 0.6 is 0 Å². The van der Waals surface area contributed by atoms with E-state index in [1.54, 1.807) is 17.0 Å². The molecule has 10 nitrogen and oxygen atoms in total. The number of hydrogen-bond acceptors (Lipinski definition) is 10. The Morgan fingerprint density at radius 2 is 1.06 bits per heavy atom. The molecule has 1 aromatic heterocycles. The molecule has 4 rings (SSSR count). The monoisotopic (exact) mass is 476 g/mol. The topological polar surface area (TPSA) is 163 Å². The van der Waals surface area contributed by atoms with E-state index in [4.69, 9.17) is 0 Å². The molecule has 0 radical (unpaired) electrons. The van der Waals surface area contributed by atoms with E-state index in [0.717, 1.165) is 0 Å². The molecule has 0 atom stereocenters. The highest BCUT2D eigenvalue weighted by Gasteiger charge is 2.19. The lowest BCUT2D eigenvalue weighted by molar-refractivity contribution is 0.446. The first-order chi connectivity index (χ1) is 16.7. The van der Waals surface area contributed by atoms with Crippen LogP contribution in [0.15, 0.2) is 54.6 Å². The van der Waals surface area contributed by atoms with Crippen LogP contribution in [0.3, 0.4) is 0 Å². The molecule has 0 aliphatic heterocycles. The van der Waals surface area contributed by atoms with Crippen LogP contribution in [0.4, 0.5) is 11.6 Å².